The molecule has 0 N–H and O–H groups in total. The van der Waals surface area contributed by atoms with Crippen LogP contribution in [0.2, 0.25) is 0 Å². The maximum Gasteiger partial charge on any atom is 0.203 e. The smallest absolute Gasteiger partial charge is 0.203 e. The Balaban J connectivity index is 1.44. The van der Waals surface area contributed by atoms with Crippen LogP contribution < -0.4 is 14.9 Å². The van der Waals surface area contributed by atoms with Crippen molar-refractivity contribution in [2.45, 2.75) is 13.8 Å². The van der Waals surface area contributed by atoms with E-state index < -0.39 is 0 Å². The normalized spacial score (nSPS) is 11.0. The molecule has 0 bridgehead atoms. The lowest BCUT2D eigenvalue weighted by molar-refractivity contribution is 0.215. The summed E-state index contributed by atoms with van der Waals surface area (Å²) in [7, 11) is -0.351. The van der Waals surface area contributed by atoms with Crippen molar-refractivity contribution in [1.82, 2.24) is 0 Å². The predicted molar refractivity (Wildman–Crippen MR) is 149 cm³/mol. The average Bonchev–Trinajstić information content (AvgIpc) is 2.88. The summed E-state index contributed by atoms with van der Waals surface area (Å²) in [4.78, 5) is 14.3. The fraction of sp³-hybridized carbons (Fsp3) is 0.129. The third-order valence-electron chi connectivity index (χ3n) is 6.09. The second-order valence-corrected chi connectivity index (χ2v) is 10.4. The van der Waals surface area contributed by atoms with Gasteiger partial charge in [0.1, 0.15) is 24.7 Å². The lowest BCUT2D eigenvalue weighted by atomic mass is 10.1. The van der Waals surface area contributed by atoms with Crippen LogP contribution in [-0.2, 0) is 0 Å². The first-order valence-electron chi connectivity index (χ1n) is 11.6. The minimum absolute atomic E-state index is 0.104. The van der Waals surface area contributed by atoms with Gasteiger partial charge >= 0.3 is 0 Å². The van der Waals surface area contributed by atoms with Crippen LogP contribution in [0, 0.1) is 13.8 Å². The van der Waals surface area contributed by atoms with E-state index in [0.29, 0.717) is 13.2 Å². The number of rotatable bonds is 7. The van der Waals surface area contributed by atoms with Crippen LogP contribution in [0.15, 0.2) is 96.3 Å². The Bertz CT molecular complexity index is 1510. The Hall–Kier alpha value is -3.89. The maximum atomic E-state index is 13.1. The predicted octanol–water partition coefficient (Wildman–Crippen LogP) is 7.81. The Morgan fingerprint density at radius 1 is 0.771 bits per heavy atom. The van der Waals surface area contributed by atoms with Crippen LogP contribution >= 0.6 is 10.5 Å². The summed E-state index contributed by atoms with van der Waals surface area (Å²) >= 11 is 0. The second kappa shape index (κ2) is 9.77. The lowest BCUT2D eigenvalue weighted by Crippen LogP contribution is -2.10. The van der Waals surface area contributed by atoms with E-state index >= 15 is 0 Å². The number of fused-ring (bicyclic) bond motifs is 2. The van der Waals surface area contributed by atoms with E-state index in [1.165, 1.54) is 4.90 Å². The molecular weight excluding hydrogens is 452 g/mol. The molecule has 0 amide bonds. The van der Waals surface area contributed by atoms with Crippen LogP contribution in [-0.4, -0.2) is 13.2 Å². The average molecular weight is 480 g/mol. The molecule has 0 saturated heterocycles. The monoisotopic (exact) mass is 479 g/mol. The molecule has 3 nitrogen and oxygen atoms in total. The first-order chi connectivity index (χ1) is 17.1. The molecule has 0 fully saturated rings. The highest BCUT2D eigenvalue weighted by atomic mass is 32.2. The third kappa shape index (κ3) is 4.45. The standard InChI is InChI=1S/C31H27O3S/c1-4-23-13-15-24(16-14-23)33-17-18-34-31-21(2)19-25(20-22(31)3)35-28-11-7-5-9-26(28)30(32)27-10-6-8-12-29(27)35/h4-16,19-20H,1,17-18H2,2-3H3/q+1. The molecule has 0 atom stereocenters. The zero-order chi connectivity index (χ0) is 24.4. The summed E-state index contributed by atoms with van der Waals surface area (Å²) in [5, 5.41) is 1.59. The quantitative estimate of drug-likeness (QED) is 0.136. The summed E-state index contributed by atoms with van der Waals surface area (Å²) in [5.41, 5.74) is 3.32. The zero-order valence-corrected chi connectivity index (χ0v) is 20.7. The highest BCUT2D eigenvalue weighted by Crippen LogP contribution is 2.45. The first-order valence-corrected chi connectivity index (χ1v) is 12.9. The number of aryl methyl sites for hydroxylation is 2. The Morgan fingerprint density at radius 2 is 1.31 bits per heavy atom. The highest BCUT2D eigenvalue weighted by molar-refractivity contribution is 7.49. The van der Waals surface area contributed by atoms with Crippen LogP contribution in [0.1, 0.15) is 16.7 Å². The summed E-state index contributed by atoms with van der Waals surface area (Å²) < 4.78 is 14.1. The molecule has 1 heterocycles. The largest absolute Gasteiger partial charge is 0.490 e. The Labute approximate surface area is 207 Å². The van der Waals surface area contributed by atoms with Crippen LogP contribution in [0.4, 0.5) is 0 Å². The van der Waals surface area contributed by atoms with Gasteiger partial charge in [-0.3, -0.25) is 4.79 Å². The minimum Gasteiger partial charge on any atom is -0.490 e. The molecule has 0 aliphatic carbocycles. The Kier molecular flexibility index (Phi) is 6.39. The third-order valence-corrected chi connectivity index (χ3v) is 8.39. The molecule has 1 aromatic heterocycles. The van der Waals surface area contributed by atoms with Crippen molar-refractivity contribution in [3.05, 3.63) is 118 Å². The van der Waals surface area contributed by atoms with Gasteiger partial charge in [0.15, 0.2) is 14.3 Å². The number of hydrogen-bond donors (Lipinski definition) is 0. The van der Waals surface area contributed by atoms with Crippen molar-refractivity contribution in [3.8, 4) is 16.4 Å². The molecule has 0 spiro atoms. The van der Waals surface area contributed by atoms with Gasteiger partial charge in [0.2, 0.25) is 5.43 Å². The van der Waals surface area contributed by atoms with Crippen LogP contribution in [0.25, 0.3) is 31.1 Å². The van der Waals surface area contributed by atoms with Gasteiger partial charge in [0.25, 0.3) is 0 Å². The molecule has 0 unspecified atom stereocenters. The van der Waals surface area contributed by atoms with Gasteiger partial charge in [-0.15, -0.1) is 0 Å². The van der Waals surface area contributed by atoms with Gasteiger partial charge in [-0.2, -0.15) is 0 Å². The van der Waals surface area contributed by atoms with E-state index in [2.05, 4.69) is 44.7 Å². The van der Waals surface area contributed by atoms with E-state index in [1.807, 2.05) is 66.7 Å². The molecule has 4 aromatic carbocycles. The molecule has 0 aliphatic rings. The molecule has 174 valence electrons. The van der Waals surface area contributed by atoms with E-state index in [-0.39, 0.29) is 15.9 Å². The molecule has 35 heavy (non-hydrogen) atoms. The fourth-order valence-electron chi connectivity index (χ4n) is 4.44. The Morgan fingerprint density at radius 3 is 1.89 bits per heavy atom. The van der Waals surface area contributed by atoms with Gasteiger partial charge in [0, 0.05) is 22.6 Å². The molecular formula is C31H27O3S+. The highest BCUT2D eigenvalue weighted by Gasteiger charge is 2.24. The number of hydrogen-bond acceptors (Lipinski definition) is 3. The van der Waals surface area contributed by atoms with Crippen molar-refractivity contribution in [1.29, 1.82) is 0 Å². The van der Waals surface area contributed by atoms with Crippen LogP contribution in [0.3, 0.4) is 0 Å². The van der Waals surface area contributed by atoms with E-state index in [0.717, 1.165) is 48.4 Å². The maximum absolute atomic E-state index is 13.1. The molecule has 4 heteroatoms. The van der Waals surface area contributed by atoms with Crippen molar-refractivity contribution < 1.29 is 9.47 Å². The SMILES string of the molecule is C=Cc1ccc(OCCOc2c(C)cc(-[s+]3c4ccccc4c(=O)c4ccccc43)cc2C)cc1. The van der Waals surface area contributed by atoms with E-state index in [9.17, 15) is 4.79 Å². The van der Waals surface area contributed by atoms with Crippen molar-refractivity contribution in [2.75, 3.05) is 13.2 Å². The zero-order valence-electron chi connectivity index (χ0n) is 19.9. The summed E-state index contributed by atoms with van der Waals surface area (Å²) in [6.07, 6.45) is 1.81. The first kappa shape index (κ1) is 22.9. The fourth-order valence-corrected chi connectivity index (χ4v) is 6.97. The number of ether oxygens (including phenoxy) is 2. The summed E-state index contributed by atoms with van der Waals surface area (Å²) in [6, 6.07) is 28.2. The van der Waals surface area contributed by atoms with Crippen molar-refractivity contribution in [3.63, 3.8) is 0 Å². The minimum atomic E-state index is -0.351. The second-order valence-electron chi connectivity index (χ2n) is 8.48. The van der Waals surface area contributed by atoms with Gasteiger partial charge in [-0.25, -0.2) is 0 Å². The van der Waals surface area contributed by atoms with Gasteiger partial charge in [-0.1, -0.05) is 49.1 Å². The molecule has 0 aliphatic heterocycles. The van der Waals surface area contributed by atoms with Gasteiger partial charge in [0.05, 0.1) is 10.8 Å². The van der Waals surface area contributed by atoms with Gasteiger partial charge in [-0.05, 0) is 66.9 Å². The molecule has 0 saturated carbocycles. The summed E-state index contributed by atoms with van der Waals surface area (Å²) in [5.74, 6) is 1.70. The molecule has 0 radical (unpaired) electrons. The van der Waals surface area contributed by atoms with Crippen LogP contribution in [0.5, 0.6) is 11.5 Å². The molecule has 5 aromatic rings. The number of benzene rings is 4. The lowest BCUT2D eigenvalue weighted by Gasteiger charge is -2.13. The van der Waals surface area contributed by atoms with Gasteiger partial charge < -0.3 is 9.47 Å². The molecule has 5 rings (SSSR count). The summed E-state index contributed by atoms with van der Waals surface area (Å²) in [6.45, 7) is 8.85. The van der Waals surface area contributed by atoms with E-state index in [1.54, 1.807) is 0 Å². The van der Waals surface area contributed by atoms with Crippen molar-refractivity contribution in [2.24, 2.45) is 0 Å². The van der Waals surface area contributed by atoms with E-state index in [4.69, 9.17) is 9.47 Å². The topological polar surface area (TPSA) is 35.5 Å². The van der Waals surface area contributed by atoms with Crippen molar-refractivity contribution >= 4 is 36.7 Å².